The highest BCUT2D eigenvalue weighted by molar-refractivity contribution is 5.79. The van der Waals surface area contributed by atoms with Crippen LogP contribution >= 0.6 is 0 Å². The molecule has 0 aromatic carbocycles. The highest BCUT2D eigenvalue weighted by Crippen LogP contribution is 2.11. The van der Waals surface area contributed by atoms with Crippen LogP contribution < -0.4 is 11.5 Å². The number of amides is 1. The summed E-state index contributed by atoms with van der Waals surface area (Å²) in [7, 11) is 0. The maximum atomic E-state index is 11.2. The van der Waals surface area contributed by atoms with Gasteiger partial charge in [-0.25, -0.2) is 0 Å². The summed E-state index contributed by atoms with van der Waals surface area (Å²) in [6.07, 6.45) is 0.477. The van der Waals surface area contributed by atoms with Crippen molar-refractivity contribution >= 4 is 5.91 Å². The van der Waals surface area contributed by atoms with Crippen LogP contribution in [0.4, 0.5) is 0 Å². The minimum Gasteiger partial charge on any atom is -0.337 e. The second-order valence-electron chi connectivity index (χ2n) is 3.10. The lowest BCUT2D eigenvalue weighted by Crippen LogP contribution is -2.40. The zero-order chi connectivity index (χ0) is 8.43. The maximum Gasteiger partial charge on any atom is 0.224 e. The van der Waals surface area contributed by atoms with E-state index >= 15 is 0 Å². The predicted molar refractivity (Wildman–Crippen MR) is 42.8 cm³/mol. The van der Waals surface area contributed by atoms with Crippen molar-refractivity contribution in [1.29, 1.82) is 0 Å². The molecule has 1 fully saturated rings. The number of nitrogens with zero attached hydrogens (tertiary/aromatic N) is 1. The van der Waals surface area contributed by atoms with Crippen molar-refractivity contribution in [2.75, 3.05) is 13.1 Å². The summed E-state index contributed by atoms with van der Waals surface area (Å²) < 4.78 is 0. The Kier molecular flexibility index (Phi) is 2.46. The van der Waals surface area contributed by atoms with E-state index in [4.69, 9.17) is 11.5 Å². The first-order valence-corrected chi connectivity index (χ1v) is 3.90. The third-order valence-corrected chi connectivity index (χ3v) is 2.06. The average Bonchev–Trinajstić information content (AvgIpc) is 2.28. The van der Waals surface area contributed by atoms with Crippen LogP contribution in [0.5, 0.6) is 0 Å². The molecule has 4 nitrogen and oxygen atoms in total. The lowest BCUT2D eigenvalue weighted by molar-refractivity contribution is -0.129. The monoisotopic (exact) mass is 157 g/mol. The Morgan fingerprint density at radius 3 is 2.82 bits per heavy atom. The van der Waals surface area contributed by atoms with E-state index in [1.54, 1.807) is 4.90 Å². The van der Waals surface area contributed by atoms with Gasteiger partial charge in [-0.15, -0.1) is 0 Å². The zero-order valence-electron chi connectivity index (χ0n) is 6.79. The molecule has 11 heavy (non-hydrogen) atoms. The third-order valence-electron chi connectivity index (χ3n) is 2.06. The van der Waals surface area contributed by atoms with E-state index in [2.05, 4.69) is 0 Å². The molecule has 1 aliphatic rings. The van der Waals surface area contributed by atoms with Crippen LogP contribution in [0, 0.1) is 0 Å². The molecule has 0 saturated carbocycles. The average molecular weight is 157 g/mol. The summed E-state index contributed by atoms with van der Waals surface area (Å²) in [5, 5.41) is 0. The quantitative estimate of drug-likeness (QED) is 0.534. The molecule has 0 aromatic rings. The Balaban J connectivity index is 2.52. The molecule has 1 heterocycles. The molecule has 0 bridgehead atoms. The summed E-state index contributed by atoms with van der Waals surface area (Å²) in [6, 6.07) is 0.146. The van der Waals surface area contributed by atoms with E-state index in [0.717, 1.165) is 0 Å². The third kappa shape index (κ3) is 1.70. The fourth-order valence-corrected chi connectivity index (χ4v) is 1.31. The highest BCUT2D eigenvalue weighted by atomic mass is 16.2. The van der Waals surface area contributed by atoms with E-state index in [1.807, 2.05) is 6.92 Å². The number of rotatable bonds is 2. The van der Waals surface area contributed by atoms with Gasteiger partial charge in [0.1, 0.15) is 0 Å². The van der Waals surface area contributed by atoms with Gasteiger partial charge in [0.25, 0.3) is 0 Å². The second kappa shape index (κ2) is 3.19. The summed E-state index contributed by atoms with van der Waals surface area (Å²) in [5.74, 6) is 0.135. The first kappa shape index (κ1) is 8.49. The standard InChI is InChI=1S/C7H15N3O/c1-5(3-8)10-4-6(9)2-7(10)11/h5-6H,2-4,8-9H2,1H3. The second-order valence-corrected chi connectivity index (χ2v) is 3.10. The molecule has 1 saturated heterocycles. The van der Waals surface area contributed by atoms with Crippen molar-refractivity contribution < 1.29 is 4.79 Å². The van der Waals surface area contributed by atoms with Gasteiger partial charge in [-0.2, -0.15) is 0 Å². The van der Waals surface area contributed by atoms with Crippen LogP contribution in [-0.2, 0) is 4.79 Å². The Labute approximate surface area is 66.5 Å². The normalized spacial score (nSPS) is 27.7. The van der Waals surface area contributed by atoms with Gasteiger partial charge in [-0.1, -0.05) is 0 Å². The molecule has 1 amide bonds. The van der Waals surface area contributed by atoms with Crippen LogP contribution in [0.1, 0.15) is 13.3 Å². The lowest BCUT2D eigenvalue weighted by atomic mass is 10.3. The lowest BCUT2D eigenvalue weighted by Gasteiger charge is -2.22. The maximum absolute atomic E-state index is 11.2. The largest absolute Gasteiger partial charge is 0.337 e. The highest BCUT2D eigenvalue weighted by Gasteiger charge is 2.29. The van der Waals surface area contributed by atoms with Crippen LogP contribution in [0.3, 0.4) is 0 Å². The Hall–Kier alpha value is -0.610. The summed E-state index contributed by atoms with van der Waals surface area (Å²) in [5.41, 5.74) is 11.0. The number of carbonyl (C=O) groups excluding carboxylic acids is 1. The molecule has 64 valence electrons. The van der Waals surface area contributed by atoms with Crippen molar-refractivity contribution in [1.82, 2.24) is 4.90 Å². The SMILES string of the molecule is CC(CN)N1CC(N)CC1=O. The van der Waals surface area contributed by atoms with Crippen LogP contribution in [0.15, 0.2) is 0 Å². The molecule has 2 unspecified atom stereocenters. The van der Waals surface area contributed by atoms with Gasteiger partial charge in [0.2, 0.25) is 5.91 Å². The van der Waals surface area contributed by atoms with Gasteiger partial charge >= 0.3 is 0 Å². The number of hydrogen-bond donors (Lipinski definition) is 2. The van der Waals surface area contributed by atoms with Gasteiger partial charge in [0, 0.05) is 31.6 Å². The predicted octanol–water partition coefficient (Wildman–Crippen LogP) is -1.11. The van der Waals surface area contributed by atoms with Crippen molar-refractivity contribution in [3.05, 3.63) is 0 Å². The molecule has 0 radical (unpaired) electrons. The minimum atomic E-state index is 0.0106. The summed E-state index contributed by atoms with van der Waals surface area (Å²) >= 11 is 0. The molecule has 2 atom stereocenters. The number of likely N-dealkylation sites (tertiary alicyclic amines) is 1. The van der Waals surface area contributed by atoms with Crippen molar-refractivity contribution in [3.63, 3.8) is 0 Å². The zero-order valence-corrected chi connectivity index (χ0v) is 6.79. The molecular formula is C7H15N3O. The molecule has 0 spiro atoms. The fraction of sp³-hybridized carbons (Fsp3) is 0.857. The van der Waals surface area contributed by atoms with E-state index in [9.17, 15) is 4.79 Å². The number of hydrogen-bond acceptors (Lipinski definition) is 3. The molecule has 1 rings (SSSR count). The van der Waals surface area contributed by atoms with Crippen LogP contribution in [0.2, 0.25) is 0 Å². The Morgan fingerprint density at radius 1 is 1.82 bits per heavy atom. The first-order chi connectivity index (χ1) is 5.15. The Bertz CT molecular complexity index is 160. The minimum absolute atomic E-state index is 0.0106. The molecule has 4 heteroatoms. The van der Waals surface area contributed by atoms with E-state index in [0.29, 0.717) is 19.5 Å². The topological polar surface area (TPSA) is 72.3 Å². The molecule has 0 aromatic heterocycles. The van der Waals surface area contributed by atoms with Crippen molar-refractivity contribution in [2.45, 2.75) is 25.4 Å². The van der Waals surface area contributed by atoms with Gasteiger partial charge in [-0.3, -0.25) is 4.79 Å². The summed E-state index contributed by atoms with van der Waals surface area (Å²) in [6.45, 7) is 3.12. The molecule has 4 N–H and O–H groups in total. The van der Waals surface area contributed by atoms with Crippen LogP contribution in [-0.4, -0.2) is 36.0 Å². The van der Waals surface area contributed by atoms with Gasteiger partial charge in [-0.05, 0) is 6.92 Å². The van der Waals surface area contributed by atoms with Crippen molar-refractivity contribution in [3.8, 4) is 0 Å². The number of nitrogens with two attached hydrogens (primary N) is 2. The summed E-state index contributed by atoms with van der Waals surface area (Å²) in [4.78, 5) is 12.9. The molecular weight excluding hydrogens is 142 g/mol. The van der Waals surface area contributed by atoms with Gasteiger partial charge in [0.15, 0.2) is 0 Å². The van der Waals surface area contributed by atoms with Gasteiger partial charge < -0.3 is 16.4 Å². The van der Waals surface area contributed by atoms with E-state index in [1.165, 1.54) is 0 Å². The molecule has 0 aliphatic carbocycles. The van der Waals surface area contributed by atoms with E-state index in [-0.39, 0.29) is 18.0 Å². The van der Waals surface area contributed by atoms with E-state index < -0.39 is 0 Å². The molecule has 1 aliphatic heterocycles. The Morgan fingerprint density at radius 2 is 2.45 bits per heavy atom. The fourth-order valence-electron chi connectivity index (χ4n) is 1.31. The number of carbonyl (C=O) groups is 1. The van der Waals surface area contributed by atoms with Gasteiger partial charge in [0.05, 0.1) is 0 Å². The first-order valence-electron chi connectivity index (χ1n) is 3.90. The smallest absolute Gasteiger partial charge is 0.224 e. The van der Waals surface area contributed by atoms with Crippen molar-refractivity contribution in [2.24, 2.45) is 11.5 Å². The van der Waals surface area contributed by atoms with Crippen LogP contribution in [0.25, 0.3) is 0 Å².